The van der Waals surface area contributed by atoms with E-state index in [1.165, 1.54) is 28.2 Å². The number of halogens is 1. The van der Waals surface area contributed by atoms with Gasteiger partial charge in [0.1, 0.15) is 0 Å². The van der Waals surface area contributed by atoms with Crippen molar-refractivity contribution in [2.75, 3.05) is 26.3 Å². The summed E-state index contributed by atoms with van der Waals surface area (Å²) in [5.74, 6) is -1.16. The average Bonchev–Trinajstić information content (AvgIpc) is 2.64. The normalized spacial score (nSPS) is 15.7. The summed E-state index contributed by atoms with van der Waals surface area (Å²) >= 11 is 4.63. The highest BCUT2D eigenvalue weighted by atomic mass is 79.9. The standard InChI is InChI=1S/C17H16BrNO5S2/c18-12-1-3-13(4-2-12)25-16-6-5-14(11-15(16)17(20)21)26(22,23)19-7-9-24-10-8-19/h1-6,11H,7-10H2,(H,20,21). The van der Waals surface area contributed by atoms with Crippen LogP contribution in [-0.2, 0) is 14.8 Å². The molecule has 138 valence electrons. The van der Waals surface area contributed by atoms with Crippen molar-refractivity contribution in [1.29, 1.82) is 0 Å². The Morgan fingerprint density at radius 2 is 1.77 bits per heavy atom. The summed E-state index contributed by atoms with van der Waals surface area (Å²) in [4.78, 5) is 13.0. The van der Waals surface area contributed by atoms with Gasteiger partial charge in [-0.1, -0.05) is 27.7 Å². The number of nitrogens with zero attached hydrogens (tertiary/aromatic N) is 1. The van der Waals surface area contributed by atoms with Crippen LogP contribution in [0.15, 0.2) is 61.6 Å². The highest BCUT2D eigenvalue weighted by Gasteiger charge is 2.27. The molecule has 1 N–H and O–H groups in total. The van der Waals surface area contributed by atoms with Gasteiger partial charge in [-0.3, -0.25) is 0 Å². The highest BCUT2D eigenvalue weighted by molar-refractivity contribution is 9.10. The Hall–Kier alpha value is -1.39. The lowest BCUT2D eigenvalue weighted by molar-refractivity contribution is 0.0692. The van der Waals surface area contributed by atoms with Gasteiger partial charge < -0.3 is 9.84 Å². The van der Waals surface area contributed by atoms with Gasteiger partial charge in [-0.2, -0.15) is 4.31 Å². The number of hydrogen-bond donors (Lipinski definition) is 1. The molecular weight excluding hydrogens is 442 g/mol. The van der Waals surface area contributed by atoms with Crippen LogP contribution in [0.4, 0.5) is 0 Å². The summed E-state index contributed by atoms with van der Waals surface area (Å²) in [7, 11) is -3.74. The molecule has 0 atom stereocenters. The largest absolute Gasteiger partial charge is 0.478 e. The van der Waals surface area contributed by atoms with Crippen LogP contribution in [0.1, 0.15) is 10.4 Å². The maximum Gasteiger partial charge on any atom is 0.336 e. The average molecular weight is 458 g/mol. The van der Waals surface area contributed by atoms with Gasteiger partial charge in [-0.25, -0.2) is 13.2 Å². The molecule has 1 aliphatic rings. The third-order valence-electron chi connectivity index (χ3n) is 3.83. The van der Waals surface area contributed by atoms with Gasteiger partial charge >= 0.3 is 5.97 Å². The molecule has 1 saturated heterocycles. The highest BCUT2D eigenvalue weighted by Crippen LogP contribution is 2.33. The Balaban J connectivity index is 1.93. The van der Waals surface area contributed by atoms with E-state index in [0.717, 1.165) is 9.37 Å². The van der Waals surface area contributed by atoms with Gasteiger partial charge in [0, 0.05) is 27.4 Å². The molecule has 1 fully saturated rings. The Bertz CT molecular complexity index is 909. The van der Waals surface area contributed by atoms with Gasteiger partial charge in [-0.15, -0.1) is 0 Å². The number of ether oxygens (including phenoxy) is 1. The van der Waals surface area contributed by atoms with Crippen LogP contribution < -0.4 is 0 Å². The number of hydrogen-bond acceptors (Lipinski definition) is 5. The summed E-state index contributed by atoms with van der Waals surface area (Å²) < 4.78 is 32.9. The number of carboxylic acids is 1. The van der Waals surface area contributed by atoms with Crippen molar-refractivity contribution in [1.82, 2.24) is 4.31 Å². The third-order valence-corrected chi connectivity index (χ3v) is 7.34. The van der Waals surface area contributed by atoms with E-state index in [1.807, 2.05) is 24.3 Å². The minimum atomic E-state index is -3.74. The van der Waals surface area contributed by atoms with Gasteiger partial charge in [0.2, 0.25) is 10.0 Å². The van der Waals surface area contributed by atoms with Crippen LogP contribution in [0.3, 0.4) is 0 Å². The van der Waals surface area contributed by atoms with Gasteiger partial charge in [0.15, 0.2) is 0 Å². The zero-order valence-electron chi connectivity index (χ0n) is 13.6. The predicted octanol–water partition coefficient (Wildman–Crippen LogP) is 3.32. The van der Waals surface area contributed by atoms with E-state index in [1.54, 1.807) is 6.07 Å². The Morgan fingerprint density at radius 3 is 2.38 bits per heavy atom. The lowest BCUT2D eigenvalue weighted by Gasteiger charge is -2.26. The molecule has 1 aliphatic heterocycles. The summed E-state index contributed by atoms with van der Waals surface area (Å²) in [6, 6.07) is 11.7. The van der Waals surface area contributed by atoms with E-state index >= 15 is 0 Å². The third kappa shape index (κ3) is 4.29. The molecule has 0 aromatic heterocycles. The second kappa shape index (κ2) is 8.10. The number of carboxylic acid groups (broad SMARTS) is 1. The summed E-state index contributed by atoms with van der Waals surface area (Å²) in [5.41, 5.74) is -0.0350. The van der Waals surface area contributed by atoms with Crippen molar-refractivity contribution in [3.63, 3.8) is 0 Å². The molecule has 26 heavy (non-hydrogen) atoms. The summed E-state index contributed by atoms with van der Waals surface area (Å²) in [6.07, 6.45) is 0. The first kappa shape index (κ1) is 19.4. The topological polar surface area (TPSA) is 83.9 Å². The molecule has 0 bridgehead atoms. The molecule has 3 rings (SSSR count). The molecule has 9 heteroatoms. The molecule has 0 unspecified atom stereocenters. The van der Waals surface area contributed by atoms with Gasteiger partial charge in [0.25, 0.3) is 0 Å². The number of carbonyl (C=O) groups is 1. The van der Waals surface area contributed by atoms with Crippen molar-refractivity contribution in [2.45, 2.75) is 14.7 Å². The van der Waals surface area contributed by atoms with Crippen molar-refractivity contribution in [3.05, 3.63) is 52.5 Å². The molecule has 2 aromatic carbocycles. The quantitative estimate of drug-likeness (QED) is 0.740. The Labute approximate surface area is 164 Å². The van der Waals surface area contributed by atoms with Crippen LogP contribution >= 0.6 is 27.7 Å². The first-order valence-corrected chi connectivity index (χ1v) is 10.8. The minimum Gasteiger partial charge on any atom is -0.478 e. The van der Waals surface area contributed by atoms with Crippen molar-refractivity contribution >= 4 is 43.7 Å². The molecule has 2 aromatic rings. The van der Waals surface area contributed by atoms with E-state index in [9.17, 15) is 18.3 Å². The zero-order chi connectivity index (χ0) is 18.7. The molecular formula is C17H16BrNO5S2. The second-order valence-electron chi connectivity index (χ2n) is 5.54. The Morgan fingerprint density at radius 1 is 1.12 bits per heavy atom. The molecule has 0 amide bonds. The van der Waals surface area contributed by atoms with Crippen molar-refractivity contribution in [3.8, 4) is 0 Å². The van der Waals surface area contributed by atoms with E-state index in [0.29, 0.717) is 18.1 Å². The monoisotopic (exact) mass is 457 g/mol. The molecule has 0 saturated carbocycles. The minimum absolute atomic E-state index is 0.0167. The lowest BCUT2D eigenvalue weighted by Crippen LogP contribution is -2.40. The smallest absolute Gasteiger partial charge is 0.336 e. The number of rotatable bonds is 5. The fraction of sp³-hybridized carbons (Fsp3) is 0.235. The van der Waals surface area contributed by atoms with Gasteiger partial charge in [0.05, 0.1) is 23.7 Å². The predicted molar refractivity (Wildman–Crippen MR) is 101 cm³/mol. The zero-order valence-corrected chi connectivity index (χ0v) is 16.8. The summed E-state index contributed by atoms with van der Waals surface area (Å²) in [5, 5.41) is 9.54. The Kier molecular flexibility index (Phi) is 6.03. The molecule has 1 heterocycles. The number of sulfonamides is 1. The SMILES string of the molecule is O=C(O)c1cc(S(=O)(=O)N2CCOCC2)ccc1Sc1ccc(Br)cc1. The fourth-order valence-corrected chi connectivity index (χ4v) is 5.11. The second-order valence-corrected chi connectivity index (χ2v) is 9.50. The van der Waals surface area contributed by atoms with Gasteiger partial charge in [-0.05, 0) is 42.5 Å². The number of aromatic carboxylic acids is 1. The van der Waals surface area contributed by atoms with Crippen LogP contribution in [-0.4, -0.2) is 50.1 Å². The van der Waals surface area contributed by atoms with Crippen LogP contribution in [0, 0.1) is 0 Å². The first-order valence-electron chi connectivity index (χ1n) is 7.76. The maximum absolute atomic E-state index is 12.7. The van der Waals surface area contributed by atoms with E-state index in [2.05, 4.69) is 15.9 Å². The van der Waals surface area contributed by atoms with Crippen molar-refractivity contribution in [2.24, 2.45) is 0 Å². The van der Waals surface area contributed by atoms with Crippen LogP contribution in [0.5, 0.6) is 0 Å². The maximum atomic E-state index is 12.7. The van der Waals surface area contributed by atoms with E-state index < -0.39 is 16.0 Å². The van der Waals surface area contributed by atoms with Crippen molar-refractivity contribution < 1.29 is 23.1 Å². The number of benzene rings is 2. The van der Waals surface area contributed by atoms with E-state index in [-0.39, 0.29) is 23.5 Å². The molecule has 0 radical (unpaired) electrons. The summed E-state index contributed by atoms with van der Waals surface area (Å²) in [6.45, 7) is 1.20. The molecule has 0 aliphatic carbocycles. The number of morpholine rings is 1. The van der Waals surface area contributed by atoms with E-state index in [4.69, 9.17) is 4.74 Å². The van der Waals surface area contributed by atoms with Crippen LogP contribution in [0.25, 0.3) is 0 Å². The fourth-order valence-electron chi connectivity index (χ4n) is 2.49. The first-order chi connectivity index (χ1) is 12.4. The molecule has 0 spiro atoms. The lowest BCUT2D eigenvalue weighted by atomic mass is 10.2. The van der Waals surface area contributed by atoms with Crippen LogP contribution in [0.2, 0.25) is 0 Å². The molecule has 6 nitrogen and oxygen atoms in total.